The SMILES string of the molecule is CC(C(=O)O)c1cnn(C2CCN(C)C2)c1. The molecular weight excluding hydrogens is 206 g/mol. The number of carboxylic acids is 1. The van der Waals surface area contributed by atoms with Gasteiger partial charge in [0, 0.05) is 18.3 Å². The molecule has 1 aliphatic heterocycles. The molecule has 0 aromatic carbocycles. The molecule has 0 bridgehead atoms. The lowest BCUT2D eigenvalue weighted by molar-refractivity contribution is -0.138. The fraction of sp³-hybridized carbons (Fsp3) is 0.636. The van der Waals surface area contributed by atoms with E-state index in [1.165, 1.54) is 0 Å². The maximum Gasteiger partial charge on any atom is 0.310 e. The Hall–Kier alpha value is -1.36. The van der Waals surface area contributed by atoms with Gasteiger partial charge in [0.25, 0.3) is 0 Å². The number of aliphatic carboxylic acids is 1. The molecule has 0 aliphatic carbocycles. The van der Waals surface area contributed by atoms with Crippen LogP contribution in [0.25, 0.3) is 0 Å². The molecule has 2 heterocycles. The number of rotatable bonds is 3. The molecule has 0 radical (unpaired) electrons. The normalized spacial score (nSPS) is 23.5. The van der Waals surface area contributed by atoms with Crippen LogP contribution in [0.3, 0.4) is 0 Å². The minimum absolute atomic E-state index is 0.389. The zero-order chi connectivity index (χ0) is 11.7. The van der Waals surface area contributed by atoms with Gasteiger partial charge in [-0.2, -0.15) is 5.10 Å². The summed E-state index contributed by atoms with van der Waals surface area (Å²) in [6.45, 7) is 3.75. The zero-order valence-corrected chi connectivity index (χ0v) is 9.63. The lowest BCUT2D eigenvalue weighted by atomic mass is 10.1. The van der Waals surface area contributed by atoms with Crippen LogP contribution in [-0.4, -0.2) is 45.9 Å². The first-order chi connectivity index (χ1) is 7.58. The summed E-state index contributed by atoms with van der Waals surface area (Å²) >= 11 is 0. The zero-order valence-electron chi connectivity index (χ0n) is 9.63. The third kappa shape index (κ3) is 2.09. The predicted octanol–water partition coefficient (Wildman–Crippen LogP) is 0.948. The Kier molecular flexibility index (Phi) is 2.96. The van der Waals surface area contributed by atoms with Gasteiger partial charge in [0.2, 0.25) is 0 Å². The first kappa shape index (κ1) is 11.1. The minimum Gasteiger partial charge on any atom is -0.481 e. The molecule has 0 saturated carbocycles. The van der Waals surface area contributed by atoms with Crippen molar-refractivity contribution in [2.24, 2.45) is 0 Å². The second kappa shape index (κ2) is 4.25. The van der Waals surface area contributed by atoms with Crippen LogP contribution in [0.2, 0.25) is 0 Å². The van der Waals surface area contributed by atoms with Crippen molar-refractivity contribution in [3.63, 3.8) is 0 Å². The number of carboxylic acid groups (broad SMARTS) is 1. The van der Waals surface area contributed by atoms with Crippen LogP contribution < -0.4 is 0 Å². The van der Waals surface area contributed by atoms with Gasteiger partial charge in [0.1, 0.15) is 0 Å². The van der Waals surface area contributed by atoms with Crippen LogP contribution in [0.15, 0.2) is 12.4 Å². The summed E-state index contributed by atoms with van der Waals surface area (Å²) in [7, 11) is 2.09. The van der Waals surface area contributed by atoms with Crippen LogP contribution in [0, 0.1) is 0 Å². The monoisotopic (exact) mass is 223 g/mol. The average Bonchev–Trinajstić information content (AvgIpc) is 2.84. The number of hydrogen-bond donors (Lipinski definition) is 1. The van der Waals surface area contributed by atoms with Gasteiger partial charge < -0.3 is 10.0 Å². The Balaban J connectivity index is 2.10. The number of hydrogen-bond acceptors (Lipinski definition) is 3. The van der Waals surface area contributed by atoms with Gasteiger partial charge in [-0.25, -0.2) is 0 Å². The smallest absolute Gasteiger partial charge is 0.310 e. The van der Waals surface area contributed by atoms with Gasteiger partial charge in [-0.15, -0.1) is 0 Å². The van der Waals surface area contributed by atoms with E-state index in [0.717, 1.165) is 25.1 Å². The molecule has 2 rings (SSSR count). The van der Waals surface area contributed by atoms with Crippen molar-refractivity contribution in [1.29, 1.82) is 0 Å². The molecule has 1 N–H and O–H groups in total. The first-order valence-electron chi connectivity index (χ1n) is 5.53. The molecule has 1 saturated heterocycles. The Labute approximate surface area is 94.7 Å². The summed E-state index contributed by atoms with van der Waals surface area (Å²) in [4.78, 5) is 13.1. The summed E-state index contributed by atoms with van der Waals surface area (Å²) in [5.41, 5.74) is 0.780. The summed E-state index contributed by atoms with van der Waals surface area (Å²) in [6, 6.07) is 0.389. The van der Waals surface area contributed by atoms with Crippen molar-refractivity contribution < 1.29 is 9.90 Å². The van der Waals surface area contributed by atoms with Gasteiger partial charge >= 0.3 is 5.97 Å². The van der Waals surface area contributed by atoms with Crippen LogP contribution >= 0.6 is 0 Å². The lowest BCUT2D eigenvalue weighted by Crippen LogP contribution is -2.16. The largest absolute Gasteiger partial charge is 0.481 e. The van der Waals surface area contributed by atoms with Crippen molar-refractivity contribution in [2.45, 2.75) is 25.3 Å². The van der Waals surface area contributed by atoms with Gasteiger partial charge in [-0.3, -0.25) is 9.48 Å². The molecule has 2 atom stereocenters. The van der Waals surface area contributed by atoms with Gasteiger partial charge in [-0.05, 0) is 26.9 Å². The fourth-order valence-corrected chi connectivity index (χ4v) is 2.05. The number of likely N-dealkylation sites (tertiary alicyclic amines) is 1. The van der Waals surface area contributed by atoms with Crippen molar-refractivity contribution >= 4 is 5.97 Å². The Morgan fingerprint density at radius 1 is 1.69 bits per heavy atom. The lowest BCUT2D eigenvalue weighted by Gasteiger charge is -2.10. The van der Waals surface area contributed by atoms with Gasteiger partial charge in [0.15, 0.2) is 0 Å². The molecular formula is C11H17N3O2. The second-order valence-corrected chi connectivity index (χ2v) is 4.52. The summed E-state index contributed by atoms with van der Waals surface area (Å²) in [6.07, 6.45) is 4.61. The third-order valence-electron chi connectivity index (χ3n) is 3.23. The van der Waals surface area contributed by atoms with Crippen molar-refractivity contribution in [3.8, 4) is 0 Å². The Morgan fingerprint density at radius 3 is 3.00 bits per heavy atom. The standard InChI is InChI=1S/C11H17N3O2/c1-8(11(15)16)9-5-12-14(6-9)10-3-4-13(2)7-10/h5-6,8,10H,3-4,7H2,1-2H3,(H,15,16). The number of aromatic nitrogens is 2. The molecule has 88 valence electrons. The van der Waals surface area contributed by atoms with E-state index in [0.29, 0.717) is 6.04 Å². The summed E-state index contributed by atoms with van der Waals surface area (Å²) in [5.74, 6) is -1.28. The summed E-state index contributed by atoms with van der Waals surface area (Å²) in [5, 5.41) is 13.2. The van der Waals surface area contributed by atoms with E-state index in [1.54, 1.807) is 13.1 Å². The topological polar surface area (TPSA) is 58.4 Å². The van der Waals surface area contributed by atoms with Gasteiger partial charge in [-0.1, -0.05) is 0 Å². The van der Waals surface area contributed by atoms with Crippen molar-refractivity contribution in [3.05, 3.63) is 18.0 Å². The highest BCUT2D eigenvalue weighted by Gasteiger charge is 2.23. The number of nitrogens with zero attached hydrogens (tertiary/aromatic N) is 3. The molecule has 1 aromatic heterocycles. The van der Waals surface area contributed by atoms with E-state index in [2.05, 4.69) is 17.0 Å². The quantitative estimate of drug-likeness (QED) is 0.828. The van der Waals surface area contributed by atoms with Crippen LogP contribution in [0.1, 0.15) is 30.9 Å². The van der Waals surface area contributed by atoms with Crippen LogP contribution in [0.4, 0.5) is 0 Å². The summed E-state index contributed by atoms with van der Waals surface area (Å²) < 4.78 is 1.90. The molecule has 16 heavy (non-hydrogen) atoms. The minimum atomic E-state index is -0.803. The first-order valence-corrected chi connectivity index (χ1v) is 5.53. The Morgan fingerprint density at radius 2 is 2.44 bits per heavy atom. The van der Waals surface area contributed by atoms with E-state index >= 15 is 0 Å². The molecule has 0 spiro atoms. The van der Waals surface area contributed by atoms with E-state index in [4.69, 9.17) is 5.11 Å². The fourth-order valence-electron chi connectivity index (χ4n) is 2.05. The van der Waals surface area contributed by atoms with Crippen LogP contribution in [0.5, 0.6) is 0 Å². The maximum atomic E-state index is 10.8. The van der Waals surface area contributed by atoms with E-state index in [-0.39, 0.29) is 0 Å². The van der Waals surface area contributed by atoms with Crippen molar-refractivity contribution in [2.75, 3.05) is 20.1 Å². The molecule has 5 heteroatoms. The molecule has 1 fully saturated rings. The highest BCUT2D eigenvalue weighted by molar-refractivity contribution is 5.75. The highest BCUT2D eigenvalue weighted by atomic mass is 16.4. The van der Waals surface area contributed by atoms with E-state index in [9.17, 15) is 4.79 Å². The van der Waals surface area contributed by atoms with E-state index in [1.807, 2.05) is 10.9 Å². The van der Waals surface area contributed by atoms with E-state index < -0.39 is 11.9 Å². The predicted molar refractivity (Wildman–Crippen MR) is 59.4 cm³/mol. The molecule has 1 aromatic rings. The average molecular weight is 223 g/mol. The number of carbonyl (C=O) groups is 1. The maximum absolute atomic E-state index is 10.8. The van der Waals surface area contributed by atoms with Gasteiger partial charge in [0.05, 0.1) is 18.2 Å². The van der Waals surface area contributed by atoms with Crippen molar-refractivity contribution in [1.82, 2.24) is 14.7 Å². The second-order valence-electron chi connectivity index (χ2n) is 4.52. The van der Waals surface area contributed by atoms with Crippen LogP contribution in [-0.2, 0) is 4.79 Å². The number of likely N-dealkylation sites (N-methyl/N-ethyl adjacent to an activating group) is 1. The highest BCUT2D eigenvalue weighted by Crippen LogP contribution is 2.22. The molecule has 1 aliphatic rings. The molecule has 2 unspecified atom stereocenters. The molecule has 5 nitrogen and oxygen atoms in total. The third-order valence-corrected chi connectivity index (χ3v) is 3.23. The molecule has 0 amide bonds. The Bertz CT molecular complexity index is 388.